The van der Waals surface area contributed by atoms with E-state index in [1.807, 2.05) is 17.7 Å². The van der Waals surface area contributed by atoms with Crippen molar-refractivity contribution in [3.05, 3.63) is 35.8 Å². The normalized spacial score (nSPS) is 20.8. The first-order chi connectivity index (χ1) is 7.75. The van der Waals surface area contributed by atoms with E-state index < -0.39 is 0 Å². The number of aromatic nitrogens is 1. The Balaban J connectivity index is 2.18. The Morgan fingerprint density at radius 3 is 3.06 bits per heavy atom. The Bertz CT molecular complexity index is 524. The van der Waals surface area contributed by atoms with Crippen LogP contribution in [0.15, 0.2) is 24.4 Å². The zero-order valence-electron chi connectivity index (χ0n) is 9.33. The van der Waals surface area contributed by atoms with Crippen molar-refractivity contribution in [3.63, 3.8) is 0 Å². The minimum atomic E-state index is -0.162. The van der Waals surface area contributed by atoms with Gasteiger partial charge in [-0.05, 0) is 42.6 Å². The first kappa shape index (κ1) is 9.85. The Morgan fingerprint density at radius 2 is 2.31 bits per heavy atom. The van der Waals surface area contributed by atoms with Crippen LogP contribution < -0.4 is 5.32 Å². The predicted octanol–water partition coefficient (Wildman–Crippen LogP) is 2.39. The summed E-state index contributed by atoms with van der Waals surface area (Å²) in [7, 11) is 1.98. The maximum atomic E-state index is 13.2. The molecular weight excluding hydrogens is 203 g/mol. The summed E-state index contributed by atoms with van der Waals surface area (Å²) < 4.78 is 15.2. The lowest BCUT2D eigenvalue weighted by atomic mass is 9.98. The topological polar surface area (TPSA) is 17.0 Å². The molecular formula is C13H15FN2. The second kappa shape index (κ2) is 3.59. The molecule has 1 aromatic heterocycles. The molecule has 3 heteroatoms. The smallest absolute Gasteiger partial charge is 0.125 e. The zero-order valence-corrected chi connectivity index (χ0v) is 9.33. The highest BCUT2D eigenvalue weighted by Crippen LogP contribution is 2.31. The third kappa shape index (κ3) is 1.43. The number of hydrogen-bond donors (Lipinski definition) is 1. The van der Waals surface area contributed by atoms with Gasteiger partial charge < -0.3 is 9.88 Å². The Labute approximate surface area is 94.1 Å². The van der Waals surface area contributed by atoms with Gasteiger partial charge in [0.05, 0.1) is 5.52 Å². The zero-order chi connectivity index (χ0) is 11.1. The first-order valence-corrected chi connectivity index (χ1v) is 5.71. The highest BCUT2D eigenvalue weighted by Gasteiger charge is 2.20. The molecule has 1 unspecified atom stereocenters. The maximum absolute atomic E-state index is 13.2. The first-order valence-electron chi connectivity index (χ1n) is 5.71. The van der Waals surface area contributed by atoms with Gasteiger partial charge in [-0.15, -0.1) is 0 Å². The minimum absolute atomic E-state index is 0.162. The van der Waals surface area contributed by atoms with Crippen molar-refractivity contribution in [1.29, 1.82) is 0 Å². The van der Waals surface area contributed by atoms with Gasteiger partial charge in [0, 0.05) is 25.2 Å². The molecule has 0 amide bonds. The summed E-state index contributed by atoms with van der Waals surface area (Å²) in [6, 6.07) is 5.06. The van der Waals surface area contributed by atoms with Crippen molar-refractivity contribution in [3.8, 4) is 0 Å². The van der Waals surface area contributed by atoms with E-state index in [0.29, 0.717) is 5.92 Å². The monoisotopic (exact) mass is 218 g/mol. The van der Waals surface area contributed by atoms with Crippen molar-refractivity contribution >= 4 is 10.9 Å². The van der Waals surface area contributed by atoms with Crippen LogP contribution in [-0.2, 0) is 7.05 Å². The van der Waals surface area contributed by atoms with Gasteiger partial charge in [0.1, 0.15) is 5.82 Å². The van der Waals surface area contributed by atoms with Gasteiger partial charge in [0.2, 0.25) is 0 Å². The number of fused-ring (bicyclic) bond motifs is 1. The van der Waals surface area contributed by atoms with Crippen LogP contribution in [0.3, 0.4) is 0 Å². The summed E-state index contributed by atoms with van der Waals surface area (Å²) in [4.78, 5) is 0. The Kier molecular flexibility index (Phi) is 2.21. The molecule has 2 aromatic rings. The van der Waals surface area contributed by atoms with Crippen LogP contribution in [0, 0.1) is 5.82 Å². The summed E-state index contributed by atoms with van der Waals surface area (Å²) in [6.07, 6.45) is 3.32. The van der Waals surface area contributed by atoms with Gasteiger partial charge in [-0.2, -0.15) is 0 Å². The van der Waals surface area contributed by atoms with Crippen LogP contribution in [0.1, 0.15) is 17.9 Å². The molecule has 0 bridgehead atoms. The third-order valence-corrected chi connectivity index (χ3v) is 3.48. The Hall–Kier alpha value is -1.35. The van der Waals surface area contributed by atoms with E-state index >= 15 is 0 Å². The summed E-state index contributed by atoms with van der Waals surface area (Å²) in [5.74, 6) is 0.416. The van der Waals surface area contributed by atoms with Crippen LogP contribution in [0.2, 0.25) is 0 Å². The average molecular weight is 218 g/mol. The van der Waals surface area contributed by atoms with Crippen LogP contribution in [-0.4, -0.2) is 17.7 Å². The quantitative estimate of drug-likeness (QED) is 0.777. The lowest BCUT2D eigenvalue weighted by Crippen LogP contribution is -2.07. The number of halogens is 1. The summed E-state index contributed by atoms with van der Waals surface area (Å²) >= 11 is 0. The Morgan fingerprint density at radius 1 is 1.44 bits per heavy atom. The average Bonchev–Trinajstić information content (AvgIpc) is 2.87. The van der Waals surface area contributed by atoms with Gasteiger partial charge in [-0.3, -0.25) is 0 Å². The van der Waals surface area contributed by atoms with E-state index in [2.05, 4.69) is 11.5 Å². The molecule has 1 saturated heterocycles. The fraction of sp³-hybridized carbons (Fsp3) is 0.385. The van der Waals surface area contributed by atoms with Crippen molar-refractivity contribution in [1.82, 2.24) is 9.88 Å². The predicted molar refractivity (Wildman–Crippen MR) is 63.1 cm³/mol. The van der Waals surface area contributed by atoms with Crippen LogP contribution in [0.25, 0.3) is 10.9 Å². The van der Waals surface area contributed by atoms with E-state index in [9.17, 15) is 4.39 Å². The van der Waals surface area contributed by atoms with Gasteiger partial charge in [-0.25, -0.2) is 4.39 Å². The van der Waals surface area contributed by atoms with E-state index in [4.69, 9.17) is 0 Å². The van der Waals surface area contributed by atoms with Crippen LogP contribution in [0.4, 0.5) is 4.39 Å². The molecule has 3 rings (SSSR count). The van der Waals surface area contributed by atoms with Gasteiger partial charge in [0.15, 0.2) is 0 Å². The fourth-order valence-electron chi connectivity index (χ4n) is 2.63. The maximum Gasteiger partial charge on any atom is 0.125 e. The second-order valence-corrected chi connectivity index (χ2v) is 4.55. The highest BCUT2D eigenvalue weighted by molar-refractivity contribution is 5.84. The molecule has 0 aliphatic carbocycles. The second-order valence-electron chi connectivity index (χ2n) is 4.55. The number of nitrogens with zero attached hydrogens (tertiary/aromatic N) is 1. The van der Waals surface area contributed by atoms with Crippen molar-refractivity contribution < 1.29 is 4.39 Å². The standard InChI is InChI=1S/C13H15FN2/c1-16-8-12(9-4-5-15-7-9)11-3-2-10(14)6-13(11)16/h2-3,6,8-9,15H,4-5,7H2,1H3. The molecule has 0 spiro atoms. The van der Waals surface area contributed by atoms with Crippen LogP contribution in [0.5, 0.6) is 0 Å². The van der Waals surface area contributed by atoms with E-state index in [1.54, 1.807) is 12.1 Å². The van der Waals surface area contributed by atoms with E-state index in [1.165, 1.54) is 17.4 Å². The van der Waals surface area contributed by atoms with E-state index in [0.717, 1.165) is 18.6 Å². The summed E-state index contributed by atoms with van der Waals surface area (Å²) in [5.41, 5.74) is 2.34. The number of rotatable bonds is 1. The summed E-state index contributed by atoms with van der Waals surface area (Å²) in [5, 5.41) is 4.57. The number of aryl methyl sites for hydroxylation is 1. The molecule has 0 radical (unpaired) electrons. The minimum Gasteiger partial charge on any atom is -0.350 e. The fourth-order valence-corrected chi connectivity index (χ4v) is 2.63. The lowest BCUT2D eigenvalue weighted by Gasteiger charge is -2.05. The molecule has 1 aliphatic heterocycles. The molecule has 1 N–H and O–H groups in total. The molecule has 16 heavy (non-hydrogen) atoms. The molecule has 1 aliphatic rings. The van der Waals surface area contributed by atoms with E-state index in [-0.39, 0.29) is 5.82 Å². The van der Waals surface area contributed by atoms with Gasteiger partial charge in [-0.1, -0.05) is 0 Å². The molecule has 1 aromatic carbocycles. The van der Waals surface area contributed by atoms with Crippen molar-refractivity contribution in [2.24, 2.45) is 7.05 Å². The molecule has 84 valence electrons. The highest BCUT2D eigenvalue weighted by atomic mass is 19.1. The van der Waals surface area contributed by atoms with Gasteiger partial charge in [0.25, 0.3) is 0 Å². The summed E-state index contributed by atoms with van der Waals surface area (Å²) in [6.45, 7) is 2.12. The molecule has 2 heterocycles. The molecule has 1 fully saturated rings. The third-order valence-electron chi connectivity index (χ3n) is 3.48. The van der Waals surface area contributed by atoms with Gasteiger partial charge >= 0.3 is 0 Å². The molecule has 1 atom stereocenters. The number of nitrogens with one attached hydrogen (secondary N) is 1. The molecule has 0 saturated carbocycles. The number of hydrogen-bond acceptors (Lipinski definition) is 1. The lowest BCUT2D eigenvalue weighted by molar-refractivity contribution is 0.629. The SMILES string of the molecule is Cn1cc(C2CCNC2)c2ccc(F)cc21. The van der Waals surface area contributed by atoms with Crippen LogP contribution >= 0.6 is 0 Å². The molecule has 2 nitrogen and oxygen atoms in total. The number of benzene rings is 1. The van der Waals surface area contributed by atoms with Crippen molar-refractivity contribution in [2.75, 3.05) is 13.1 Å². The largest absolute Gasteiger partial charge is 0.350 e. The van der Waals surface area contributed by atoms with Crippen molar-refractivity contribution in [2.45, 2.75) is 12.3 Å².